The van der Waals surface area contributed by atoms with Crippen molar-refractivity contribution in [2.75, 3.05) is 0 Å². The highest BCUT2D eigenvalue weighted by Gasteiger charge is 2.28. The number of hydrogen-bond acceptors (Lipinski definition) is 4. The van der Waals surface area contributed by atoms with Gasteiger partial charge in [0.1, 0.15) is 0 Å². The molecule has 0 unspecified atom stereocenters. The van der Waals surface area contributed by atoms with Crippen LogP contribution in [0.2, 0.25) is 0 Å². The van der Waals surface area contributed by atoms with Gasteiger partial charge in [-0.1, -0.05) is 252 Å². The summed E-state index contributed by atoms with van der Waals surface area (Å²) in [5.41, 5.74) is 37.3. The number of hydrogen-bond donors (Lipinski definition) is 1. The van der Waals surface area contributed by atoms with Gasteiger partial charge in [-0.25, -0.2) is 0 Å². The highest BCUT2D eigenvalue weighted by atomic mass is 15.1. The first-order valence-corrected chi connectivity index (χ1v) is 34.8. The molecule has 4 heterocycles. The molecule has 4 aromatic heterocycles. The van der Waals surface area contributed by atoms with E-state index in [-0.39, 0.29) is 27.1 Å². The summed E-state index contributed by atoms with van der Waals surface area (Å²) in [6.07, 6.45) is 15.7. The van der Waals surface area contributed by atoms with E-state index in [2.05, 4.69) is 248 Å². The molecule has 0 radical (unpaired) electrons. The van der Waals surface area contributed by atoms with Crippen molar-refractivity contribution in [2.45, 2.75) is 260 Å². The van der Waals surface area contributed by atoms with Gasteiger partial charge in [0.15, 0.2) is 0 Å². The molecule has 0 bridgehead atoms. The van der Waals surface area contributed by atoms with E-state index in [1.165, 1.54) is 145 Å². The third-order valence-electron chi connectivity index (χ3n) is 17.1. The number of aromatic nitrogens is 5. The highest BCUT2D eigenvalue weighted by Crippen LogP contribution is 2.44. The molecule has 4 aliphatic carbocycles. The Morgan fingerprint density at radius 3 is 1.05 bits per heavy atom. The van der Waals surface area contributed by atoms with Gasteiger partial charge in [-0.15, -0.1) is 0 Å². The SMILES string of the molecule is CC.CC.CC.CC.CC.Cc1[nH]ncc1C(C)(C)C.Cc1cc2c(cc1C(C)(C)C)-c1ccccc1C2.Cc1cc2c(cc1C(C)(C)C)-c1cccnc1C2.Cc1cc2c(cc1C(C)(C)C)-c1ccncc1C2.Cc1cc2c(cc1C(C)(C)C)-c1cnccc1C2. The molecule has 5 aromatic carbocycles. The third-order valence-corrected chi connectivity index (χ3v) is 17.1. The number of nitrogens with zero attached hydrogens (tertiary/aromatic N) is 4. The van der Waals surface area contributed by atoms with E-state index in [0.29, 0.717) is 0 Å². The minimum atomic E-state index is 0.198. The zero-order chi connectivity index (χ0) is 69.4. The lowest BCUT2D eigenvalue weighted by Gasteiger charge is -2.23. The summed E-state index contributed by atoms with van der Waals surface area (Å²) in [5, 5.41) is 6.89. The van der Waals surface area contributed by atoms with Crippen LogP contribution in [0.25, 0.3) is 44.5 Å². The van der Waals surface area contributed by atoms with Crippen molar-refractivity contribution in [1.82, 2.24) is 25.1 Å². The van der Waals surface area contributed by atoms with Crippen LogP contribution in [0.15, 0.2) is 134 Å². The Morgan fingerprint density at radius 1 is 0.293 bits per heavy atom. The van der Waals surface area contributed by atoms with Gasteiger partial charge in [0, 0.05) is 60.6 Å². The third kappa shape index (κ3) is 18.5. The van der Waals surface area contributed by atoms with E-state index >= 15 is 0 Å². The number of fused-ring (bicyclic) bond motifs is 12. The first-order valence-electron chi connectivity index (χ1n) is 34.8. The van der Waals surface area contributed by atoms with Gasteiger partial charge in [-0.3, -0.25) is 20.1 Å². The molecule has 5 nitrogen and oxygen atoms in total. The first-order chi connectivity index (χ1) is 43.4. The number of pyridine rings is 3. The highest BCUT2D eigenvalue weighted by molar-refractivity contribution is 5.80. The fourth-order valence-corrected chi connectivity index (χ4v) is 13.2. The summed E-state index contributed by atoms with van der Waals surface area (Å²) in [6.45, 7) is 64.9. The lowest BCUT2D eigenvalue weighted by atomic mass is 9.82. The monoisotopic (exact) mass is 1240 g/mol. The maximum absolute atomic E-state index is 4.50. The van der Waals surface area contributed by atoms with Crippen LogP contribution in [0.5, 0.6) is 0 Å². The minimum Gasteiger partial charge on any atom is -0.283 e. The smallest absolute Gasteiger partial charge is 0.0527 e. The van der Waals surface area contributed by atoms with Crippen LogP contribution in [0.4, 0.5) is 0 Å². The molecule has 0 aliphatic heterocycles. The zero-order valence-corrected chi connectivity index (χ0v) is 63.3. The Morgan fingerprint density at radius 2 is 0.641 bits per heavy atom. The Kier molecular flexibility index (Phi) is 27.7. The van der Waals surface area contributed by atoms with Gasteiger partial charge in [-0.05, 0) is 215 Å². The molecule has 4 aliphatic rings. The molecule has 0 amide bonds. The molecule has 0 saturated carbocycles. The normalized spacial score (nSPS) is 12.1. The lowest BCUT2D eigenvalue weighted by molar-refractivity contribution is 0.586. The predicted octanol–water partition coefficient (Wildman–Crippen LogP) is 24.8. The standard InChI is InChI=1S/C18H20.3C17H19N.C8H14N2.5C2H6/c1-12-9-14-10-13-7-5-6-8-15(13)16(14)11-17(12)18(2,3)4;1-11-7-12-8-13-10-18-6-5-14(13)15(12)9-16(11)17(2,3)4;1-11-7-13-8-12-5-6-18-10-15(12)14(13)9-16(11)17(2,3)4;1-11-8-12-9-16-13(6-5-7-18-16)14(12)10-15(11)17(2,3)4;1-6-7(5-9-10-6)8(2,3)4;5*1-2/h5-9,11H,10H2,1-4H3;2*5-7,9-10H,8H2,1-4H3;5-8,10H,9H2,1-4H3;5H,1-4H3,(H,9,10);5*1-2H3. The molecule has 0 spiro atoms. The predicted molar refractivity (Wildman–Crippen MR) is 405 cm³/mol. The fourth-order valence-electron chi connectivity index (χ4n) is 13.2. The Bertz CT molecular complexity index is 3380. The quantitative estimate of drug-likeness (QED) is 0.164. The van der Waals surface area contributed by atoms with E-state index in [4.69, 9.17) is 0 Å². The van der Waals surface area contributed by atoms with Gasteiger partial charge in [0.2, 0.25) is 0 Å². The Hall–Kier alpha value is -7.24. The molecule has 1 N–H and O–H groups in total. The van der Waals surface area contributed by atoms with Crippen LogP contribution >= 0.6 is 0 Å². The van der Waals surface area contributed by atoms with Gasteiger partial charge < -0.3 is 0 Å². The number of nitrogens with one attached hydrogen (secondary N) is 1. The van der Waals surface area contributed by atoms with Crippen molar-refractivity contribution in [3.63, 3.8) is 0 Å². The van der Waals surface area contributed by atoms with Gasteiger partial charge >= 0.3 is 0 Å². The summed E-state index contributed by atoms with van der Waals surface area (Å²) in [6, 6.07) is 36.3. The van der Waals surface area contributed by atoms with Crippen molar-refractivity contribution in [1.29, 1.82) is 0 Å². The topological polar surface area (TPSA) is 67.3 Å². The molecule has 5 heteroatoms. The number of aryl methyl sites for hydroxylation is 5. The summed E-state index contributed by atoms with van der Waals surface area (Å²) in [4.78, 5) is 13.0. The Labute approximate surface area is 561 Å². The first kappa shape index (κ1) is 77.2. The fraction of sp³-hybridized carbons (Fsp3) is 0.448. The van der Waals surface area contributed by atoms with Crippen LogP contribution in [0, 0.1) is 34.6 Å². The molecular formula is C87H121N5. The Balaban J connectivity index is 0.000000239. The van der Waals surface area contributed by atoms with Crippen molar-refractivity contribution in [3.05, 3.63) is 235 Å². The van der Waals surface area contributed by atoms with Gasteiger partial charge in [0.25, 0.3) is 0 Å². The second-order valence-corrected chi connectivity index (χ2v) is 28.9. The molecule has 9 aromatic rings. The zero-order valence-electron chi connectivity index (χ0n) is 63.3. The molecule has 13 rings (SSSR count). The second kappa shape index (κ2) is 33.0. The lowest BCUT2D eigenvalue weighted by Crippen LogP contribution is -2.13. The van der Waals surface area contributed by atoms with E-state index in [9.17, 15) is 0 Å². The largest absolute Gasteiger partial charge is 0.283 e. The van der Waals surface area contributed by atoms with E-state index in [1.807, 2.05) is 119 Å². The van der Waals surface area contributed by atoms with Gasteiger partial charge in [0.05, 0.1) is 11.9 Å². The maximum atomic E-state index is 4.50. The summed E-state index contributed by atoms with van der Waals surface area (Å²) in [5.74, 6) is 0. The number of benzene rings is 5. The van der Waals surface area contributed by atoms with Crippen LogP contribution in [-0.4, -0.2) is 25.1 Å². The van der Waals surface area contributed by atoms with Crippen molar-refractivity contribution >= 4 is 0 Å². The summed E-state index contributed by atoms with van der Waals surface area (Å²) < 4.78 is 0. The van der Waals surface area contributed by atoms with Crippen molar-refractivity contribution in [3.8, 4) is 44.5 Å². The number of aromatic amines is 1. The molecule has 494 valence electrons. The average Bonchev–Trinajstić information content (AvgIpc) is 1.81. The van der Waals surface area contributed by atoms with E-state index < -0.39 is 0 Å². The maximum Gasteiger partial charge on any atom is 0.0527 e. The second-order valence-electron chi connectivity index (χ2n) is 28.9. The van der Waals surface area contributed by atoms with E-state index in [1.54, 1.807) is 0 Å². The van der Waals surface area contributed by atoms with E-state index in [0.717, 1.165) is 25.7 Å². The van der Waals surface area contributed by atoms with Crippen LogP contribution in [0.3, 0.4) is 0 Å². The van der Waals surface area contributed by atoms with Gasteiger partial charge in [-0.2, -0.15) is 5.10 Å². The van der Waals surface area contributed by atoms with Crippen LogP contribution < -0.4 is 0 Å². The molecule has 92 heavy (non-hydrogen) atoms. The summed E-state index contributed by atoms with van der Waals surface area (Å²) in [7, 11) is 0. The van der Waals surface area contributed by atoms with Crippen LogP contribution in [-0.2, 0) is 52.8 Å². The number of H-pyrrole nitrogens is 1. The molecule has 0 atom stereocenters. The summed E-state index contributed by atoms with van der Waals surface area (Å²) >= 11 is 0. The van der Waals surface area contributed by atoms with Crippen LogP contribution in [0.1, 0.15) is 273 Å². The number of rotatable bonds is 0. The molecule has 0 saturated heterocycles. The molecule has 0 fully saturated rings. The molecular weight excluding hydrogens is 1110 g/mol. The minimum absolute atomic E-state index is 0.198. The average molecular weight is 1240 g/mol. The van der Waals surface area contributed by atoms with Crippen molar-refractivity contribution < 1.29 is 0 Å². The van der Waals surface area contributed by atoms with Crippen molar-refractivity contribution in [2.24, 2.45) is 0 Å².